The molecule has 2 aromatic rings. The number of rotatable bonds is 5. The predicted molar refractivity (Wildman–Crippen MR) is 97.1 cm³/mol. The SMILES string of the molecule is COCC(=O)N[C@@H]1c2ccccc2[C@@H]2CN(Cc3ccc(F)cc3F)C[C@H]12. The highest BCUT2D eigenvalue weighted by molar-refractivity contribution is 5.78. The summed E-state index contributed by atoms with van der Waals surface area (Å²) in [7, 11) is 1.50. The Kier molecular flexibility index (Phi) is 4.93. The van der Waals surface area contributed by atoms with Crippen LogP contribution in [0.4, 0.5) is 8.78 Å². The second-order valence-electron chi connectivity index (χ2n) is 7.31. The van der Waals surface area contributed by atoms with Crippen LogP contribution in [-0.4, -0.2) is 37.6 Å². The molecule has 1 heterocycles. The molecule has 3 atom stereocenters. The Morgan fingerprint density at radius 2 is 1.96 bits per heavy atom. The minimum Gasteiger partial charge on any atom is -0.375 e. The number of hydrogen-bond donors (Lipinski definition) is 1. The monoisotopic (exact) mass is 372 g/mol. The van der Waals surface area contributed by atoms with E-state index in [-0.39, 0.29) is 30.4 Å². The van der Waals surface area contributed by atoms with Crippen LogP contribution in [-0.2, 0) is 16.1 Å². The summed E-state index contributed by atoms with van der Waals surface area (Å²) < 4.78 is 32.1. The standard InChI is InChI=1S/C21H22F2N2O2/c1-27-12-20(26)24-21-16-5-3-2-4-15(16)17-10-25(11-18(17)21)9-13-6-7-14(22)8-19(13)23/h2-8,17-18,21H,9-12H2,1H3,(H,24,26)/t17-,18-,21+/m0/s1. The van der Waals surface area contributed by atoms with Gasteiger partial charge in [0.2, 0.25) is 5.91 Å². The molecule has 0 unspecified atom stereocenters. The number of carbonyl (C=O) groups excluding carboxylic acids is 1. The van der Waals surface area contributed by atoms with E-state index in [0.717, 1.165) is 24.7 Å². The van der Waals surface area contributed by atoms with Crippen molar-refractivity contribution in [2.75, 3.05) is 26.8 Å². The van der Waals surface area contributed by atoms with Crippen LogP contribution in [0.1, 0.15) is 28.7 Å². The Balaban J connectivity index is 1.54. The summed E-state index contributed by atoms with van der Waals surface area (Å²) in [6, 6.07) is 11.8. The molecule has 0 saturated carbocycles. The summed E-state index contributed by atoms with van der Waals surface area (Å²) in [4.78, 5) is 14.3. The quantitative estimate of drug-likeness (QED) is 0.877. The van der Waals surface area contributed by atoms with Gasteiger partial charge < -0.3 is 10.1 Å². The van der Waals surface area contributed by atoms with Crippen molar-refractivity contribution in [3.63, 3.8) is 0 Å². The number of likely N-dealkylation sites (tertiary alicyclic amines) is 1. The lowest BCUT2D eigenvalue weighted by Gasteiger charge is -2.23. The third-order valence-corrected chi connectivity index (χ3v) is 5.60. The van der Waals surface area contributed by atoms with Gasteiger partial charge in [-0.05, 0) is 17.2 Å². The lowest BCUT2D eigenvalue weighted by molar-refractivity contribution is -0.125. The van der Waals surface area contributed by atoms with Crippen LogP contribution in [0.2, 0.25) is 0 Å². The van der Waals surface area contributed by atoms with Crippen molar-refractivity contribution in [1.29, 1.82) is 0 Å². The van der Waals surface area contributed by atoms with Gasteiger partial charge in [-0.15, -0.1) is 0 Å². The van der Waals surface area contributed by atoms with Gasteiger partial charge in [-0.1, -0.05) is 30.3 Å². The van der Waals surface area contributed by atoms with Crippen molar-refractivity contribution in [2.24, 2.45) is 5.92 Å². The molecule has 1 amide bonds. The van der Waals surface area contributed by atoms with Crippen LogP contribution in [0, 0.1) is 17.6 Å². The second kappa shape index (κ2) is 7.37. The van der Waals surface area contributed by atoms with E-state index in [0.29, 0.717) is 12.1 Å². The molecule has 1 aliphatic carbocycles. The Hall–Kier alpha value is -2.31. The number of nitrogens with zero attached hydrogens (tertiary/aromatic N) is 1. The van der Waals surface area contributed by atoms with Crippen molar-refractivity contribution >= 4 is 5.91 Å². The fourth-order valence-corrected chi connectivity index (χ4v) is 4.49. The number of halogens is 2. The zero-order chi connectivity index (χ0) is 19.0. The molecular weight excluding hydrogens is 350 g/mol. The van der Waals surface area contributed by atoms with E-state index in [1.807, 2.05) is 12.1 Å². The minimum atomic E-state index is -0.565. The van der Waals surface area contributed by atoms with Gasteiger partial charge >= 0.3 is 0 Å². The molecule has 1 saturated heterocycles. The van der Waals surface area contributed by atoms with Crippen LogP contribution in [0.5, 0.6) is 0 Å². The van der Waals surface area contributed by atoms with Gasteiger partial charge in [-0.25, -0.2) is 8.78 Å². The molecule has 0 bridgehead atoms. The number of nitrogens with one attached hydrogen (secondary N) is 1. The molecule has 1 fully saturated rings. The number of hydrogen-bond acceptors (Lipinski definition) is 3. The smallest absolute Gasteiger partial charge is 0.246 e. The van der Waals surface area contributed by atoms with E-state index in [1.165, 1.54) is 24.8 Å². The number of carbonyl (C=O) groups is 1. The van der Waals surface area contributed by atoms with Gasteiger partial charge in [0.1, 0.15) is 18.2 Å². The molecule has 4 rings (SSSR count). The molecular formula is C21H22F2N2O2. The highest BCUT2D eigenvalue weighted by atomic mass is 19.1. The van der Waals surface area contributed by atoms with Crippen LogP contribution < -0.4 is 5.32 Å². The first-order valence-corrected chi connectivity index (χ1v) is 9.10. The lowest BCUT2D eigenvalue weighted by atomic mass is 9.94. The average Bonchev–Trinajstić information content (AvgIpc) is 3.16. The molecule has 1 aliphatic heterocycles. The molecule has 2 aliphatic rings. The summed E-state index contributed by atoms with van der Waals surface area (Å²) >= 11 is 0. The number of benzene rings is 2. The zero-order valence-electron chi connectivity index (χ0n) is 15.1. The van der Waals surface area contributed by atoms with E-state index in [1.54, 1.807) is 0 Å². The molecule has 0 spiro atoms. The molecule has 142 valence electrons. The van der Waals surface area contributed by atoms with Crippen molar-refractivity contribution in [3.05, 3.63) is 70.8 Å². The number of ether oxygens (including phenoxy) is 1. The van der Waals surface area contributed by atoms with Gasteiger partial charge in [-0.2, -0.15) is 0 Å². The maximum absolute atomic E-state index is 14.0. The van der Waals surface area contributed by atoms with Gasteiger partial charge in [0.05, 0.1) is 6.04 Å². The molecule has 6 heteroatoms. The largest absolute Gasteiger partial charge is 0.375 e. The van der Waals surface area contributed by atoms with Gasteiger partial charge in [0.25, 0.3) is 0 Å². The van der Waals surface area contributed by atoms with Crippen molar-refractivity contribution in [2.45, 2.75) is 18.5 Å². The van der Waals surface area contributed by atoms with Gasteiger partial charge in [0, 0.05) is 50.2 Å². The van der Waals surface area contributed by atoms with Crippen molar-refractivity contribution in [1.82, 2.24) is 10.2 Å². The summed E-state index contributed by atoms with van der Waals surface area (Å²) in [6.45, 7) is 1.99. The molecule has 1 N–H and O–H groups in total. The molecule has 4 nitrogen and oxygen atoms in total. The number of methoxy groups -OCH3 is 1. The van der Waals surface area contributed by atoms with Gasteiger partial charge in [-0.3, -0.25) is 9.69 Å². The van der Waals surface area contributed by atoms with Crippen LogP contribution in [0.15, 0.2) is 42.5 Å². The first-order chi connectivity index (χ1) is 13.1. The highest BCUT2D eigenvalue weighted by Gasteiger charge is 2.46. The van der Waals surface area contributed by atoms with Gasteiger partial charge in [0.15, 0.2) is 0 Å². The molecule has 0 radical (unpaired) electrons. The second-order valence-corrected chi connectivity index (χ2v) is 7.31. The average molecular weight is 372 g/mol. The fraction of sp³-hybridized carbons (Fsp3) is 0.381. The van der Waals surface area contributed by atoms with E-state index < -0.39 is 11.6 Å². The first kappa shape index (κ1) is 18.1. The Morgan fingerprint density at radius 1 is 1.19 bits per heavy atom. The van der Waals surface area contributed by atoms with E-state index in [2.05, 4.69) is 22.3 Å². The van der Waals surface area contributed by atoms with E-state index in [4.69, 9.17) is 4.74 Å². The zero-order valence-corrected chi connectivity index (χ0v) is 15.1. The van der Waals surface area contributed by atoms with Crippen LogP contribution in [0.3, 0.4) is 0 Å². The first-order valence-electron chi connectivity index (χ1n) is 9.10. The van der Waals surface area contributed by atoms with Crippen molar-refractivity contribution in [3.8, 4) is 0 Å². The number of fused-ring (bicyclic) bond motifs is 3. The minimum absolute atomic E-state index is 0.0283. The normalized spacial score (nSPS) is 23.9. The molecule has 0 aromatic heterocycles. The van der Waals surface area contributed by atoms with Crippen LogP contribution in [0.25, 0.3) is 0 Å². The van der Waals surface area contributed by atoms with E-state index in [9.17, 15) is 13.6 Å². The number of amides is 1. The summed E-state index contributed by atoms with van der Waals surface area (Å²) in [5.41, 5.74) is 2.89. The fourth-order valence-electron chi connectivity index (χ4n) is 4.49. The summed E-state index contributed by atoms with van der Waals surface area (Å²) in [5.74, 6) is -0.702. The summed E-state index contributed by atoms with van der Waals surface area (Å²) in [6.07, 6.45) is 0. The predicted octanol–water partition coefficient (Wildman–Crippen LogP) is 3.00. The lowest BCUT2D eigenvalue weighted by Crippen LogP contribution is -2.35. The Morgan fingerprint density at radius 3 is 2.70 bits per heavy atom. The Labute approximate surface area is 157 Å². The molecule has 2 aromatic carbocycles. The maximum Gasteiger partial charge on any atom is 0.246 e. The molecule has 27 heavy (non-hydrogen) atoms. The third-order valence-electron chi connectivity index (χ3n) is 5.60. The topological polar surface area (TPSA) is 41.6 Å². The summed E-state index contributed by atoms with van der Waals surface area (Å²) in [5, 5.41) is 3.10. The highest BCUT2D eigenvalue weighted by Crippen LogP contribution is 2.49. The van der Waals surface area contributed by atoms with Crippen molar-refractivity contribution < 1.29 is 18.3 Å². The third kappa shape index (κ3) is 3.47. The Bertz CT molecular complexity index is 858. The maximum atomic E-state index is 14.0. The van der Waals surface area contributed by atoms with E-state index >= 15 is 0 Å². The van der Waals surface area contributed by atoms with Crippen LogP contribution >= 0.6 is 0 Å².